The summed E-state index contributed by atoms with van der Waals surface area (Å²) in [6, 6.07) is 7.67. The number of hydrogen-bond acceptors (Lipinski definition) is 5. The number of likely N-dealkylation sites (tertiary alicyclic amines) is 1. The maximum Gasteiger partial charge on any atom is 0.324 e. The van der Waals surface area contributed by atoms with Crippen LogP contribution in [-0.2, 0) is 17.9 Å². The van der Waals surface area contributed by atoms with Crippen molar-refractivity contribution in [3.05, 3.63) is 61.7 Å². The molecule has 1 unspecified atom stereocenters. The maximum atomic E-state index is 13.4. The van der Waals surface area contributed by atoms with Gasteiger partial charge in [0.2, 0.25) is 5.91 Å². The molecule has 0 bridgehead atoms. The van der Waals surface area contributed by atoms with E-state index in [4.69, 9.17) is 11.6 Å². The van der Waals surface area contributed by atoms with Gasteiger partial charge in [0, 0.05) is 54.6 Å². The molecule has 1 aromatic heterocycles. The Morgan fingerprint density at radius 2 is 2.07 bits per heavy atom. The largest absolute Gasteiger partial charge is 0.342 e. The molecular weight excluding hydrogens is 429 g/mol. The zero-order valence-electron chi connectivity index (χ0n) is 16.4. The van der Waals surface area contributed by atoms with Gasteiger partial charge in [-0.25, -0.2) is 4.39 Å². The van der Waals surface area contributed by atoms with Crippen LogP contribution < -0.4 is 0 Å². The third-order valence-electron chi connectivity index (χ3n) is 5.66. The number of nitrogens with zero attached hydrogens (tertiary/aromatic N) is 3. The van der Waals surface area contributed by atoms with Crippen molar-refractivity contribution in [3.8, 4) is 0 Å². The average molecular weight is 452 g/mol. The summed E-state index contributed by atoms with van der Waals surface area (Å²) in [5.41, 5.74) is 0.813. The SMILES string of the molecule is O=C(C1CC1)N1CCC(CN(Cc2ccc([N+](=O)[O-])s2)Cc2ccc(F)cc2Cl)C1. The fourth-order valence-corrected chi connectivity index (χ4v) is 5.07. The zero-order chi connectivity index (χ0) is 21.3. The number of benzene rings is 1. The highest BCUT2D eigenvalue weighted by atomic mass is 35.5. The number of rotatable bonds is 8. The molecule has 160 valence electrons. The Morgan fingerprint density at radius 1 is 1.27 bits per heavy atom. The molecule has 2 aromatic rings. The lowest BCUT2D eigenvalue weighted by atomic mass is 10.1. The first-order valence-electron chi connectivity index (χ1n) is 10.1. The highest BCUT2D eigenvalue weighted by Gasteiger charge is 2.37. The van der Waals surface area contributed by atoms with Gasteiger partial charge in [0.15, 0.2) is 0 Å². The molecule has 1 aliphatic heterocycles. The van der Waals surface area contributed by atoms with E-state index in [1.807, 2.05) is 4.90 Å². The molecule has 0 N–H and O–H groups in total. The third-order valence-corrected chi connectivity index (χ3v) is 7.03. The number of amides is 1. The second-order valence-electron chi connectivity index (χ2n) is 8.12. The average Bonchev–Trinajstić information content (AvgIpc) is 3.26. The lowest BCUT2D eigenvalue weighted by Crippen LogP contribution is -2.33. The van der Waals surface area contributed by atoms with Gasteiger partial charge in [-0.3, -0.25) is 19.8 Å². The van der Waals surface area contributed by atoms with E-state index in [2.05, 4.69) is 4.90 Å². The van der Waals surface area contributed by atoms with Crippen molar-refractivity contribution >= 4 is 33.8 Å². The summed E-state index contributed by atoms with van der Waals surface area (Å²) in [5.74, 6) is 0.458. The molecular formula is C21H23ClFN3O3S. The minimum Gasteiger partial charge on any atom is -0.342 e. The molecule has 1 atom stereocenters. The maximum absolute atomic E-state index is 13.4. The van der Waals surface area contributed by atoms with E-state index in [1.165, 1.54) is 18.2 Å². The van der Waals surface area contributed by atoms with Crippen LogP contribution in [0, 0.1) is 27.8 Å². The summed E-state index contributed by atoms with van der Waals surface area (Å²) in [6.45, 7) is 3.33. The molecule has 2 aliphatic rings. The lowest BCUT2D eigenvalue weighted by Gasteiger charge is -2.26. The molecule has 30 heavy (non-hydrogen) atoms. The molecule has 6 nitrogen and oxygen atoms in total. The second-order valence-corrected chi connectivity index (χ2v) is 9.67. The Morgan fingerprint density at radius 3 is 2.73 bits per heavy atom. The van der Waals surface area contributed by atoms with Crippen molar-refractivity contribution < 1.29 is 14.1 Å². The summed E-state index contributed by atoms with van der Waals surface area (Å²) in [6.07, 6.45) is 2.95. The normalized spacial score (nSPS) is 18.9. The molecule has 1 aromatic carbocycles. The smallest absolute Gasteiger partial charge is 0.324 e. The van der Waals surface area contributed by atoms with Gasteiger partial charge in [-0.05, 0) is 48.9 Å². The first-order valence-corrected chi connectivity index (χ1v) is 11.3. The number of carbonyl (C=O) groups is 1. The molecule has 0 radical (unpaired) electrons. The molecule has 2 heterocycles. The van der Waals surface area contributed by atoms with Crippen molar-refractivity contribution in [2.24, 2.45) is 11.8 Å². The molecule has 9 heteroatoms. The van der Waals surface area contributed by atoms with E-state index in [9.17, 15) is 19.3 Å². The zero-order valence-corrected chi connectivity index (χ0v) is 18.0. The molecule has 4 rings (SSSR count). The number of hydrogen-bond donors (Lipinski definition) is 0. The predicted molar refractivity (Wildman–Crippen MR) is 114 cm³/mol. The fraction of sp³-hybridized carbons (Fsp3) is 0.476. The van der Waals surface area contributed by atoms with Crippen molar-refractivity contribution in [2.75, 3.05) is 19.6 Å². The highest BCUT2D eigenvalue weighted by Crippen LogP contribution is 2.33. The first kappa shape index (κ1) is 21.2. The lowest BCUT2D eigenvalue weighted by molar-refractivity contribution is -0.380. The van der Waals surface area contributed by atoms with Crippen LogP contribution in [0.15, 0.2) is 30.3 Å². The van der Waals surface area contributed by atoms with Crippen LogP contribution in [0.2, 0.25) is 5.02 Å². The Balaban J connectivity index is 1.46. The number of nitro groups is 1. The number of thiophene rings is 1. The minimum absolute atomic E-state index is 0.117. The van der Waals surface area contributed by atoms with Gasteiger partial charge in [-0.1, -0.05) is 29.0 Å². The molecule has 0 spiro atoms. The number of halogens is 2. The monoisotopic (exact) mass is 451 g/mol. The topological polar surface area (TPSA) is 66.7 Å². The van der Waals surface area contributed by atoms with E-state index in [1.54, 1.807) is 12.1 Å². The summed E-state index contributed by atoms with van der Waals surface area (Å²) in [4.78, 5) is 28.0. The van der Waals surface area contributed by atoms with Crippen molar-refractivity contribution in [2.45, 2.75) is 32.4 Å². The fourth-order valence-electron chi connectivity index (χ4n) is 3.98. The van der Waals surface area contributed by atoms with Gasteiger partial charge in [0.05, 0.1) is 4.92 Å². The van der Waals surface area contributed by atoms with Gasteiger partial charge >= 0.3 is 5.00 Å². The van der Waals surface area contributed by atoms with Crippen LogP contribution >= 0.6 is 22.9 Å². The van der Waals surface area contributed by atoms with Crippen LogP contribution in [0.4, 0.5) is 9.39 Å². The van der Waals surface area contributed by atoms with Crippen LogP contribution in [0.1, 0.15) is 29.7 Å². The van der Waals surface area contributed by atoms with E-state index in [0.29, 0.717) is 24.0 Å². The minimum atomic E-state index is -0.381. The van der Waals surface area contributed by atoms with Gasteiger partial charge in [-0.2, -0.15) is 0 Å². The molecule has 2 fully saturated rings. The third kappa shape index (κ3) is 5.17. The highest BCUT2D eigenvalue weighted by molar-refractivity contribution is 7.15. The Labute approximate surface area is 183 Å². The summed E-state index contributed by atoms with van der Waals surface area (Å²) in [7, 11) is 0. The summed E-state index contributed by atoms with van der Waals surface area (Å²) in [5, 5.41) is 11.5. The van der Waals surface area contributed by atoms with Crippen LogP contribution in [0.25, 0.3) is 0 Å². The molecule has 1 saturated heterocycles. The van der Waals surface area contributed by atoms with Gasteiger partial charge in [0.1, 0.15) is 5.82 Å². The van der Waals surface area contributed by atoms with E-state index in [-0.39, 0.29) is 27.6 Å². The van der Waals surface area contributed by atoms with E-state index in [0.717, 1.165) is 60.7 Å². The van der Waals surface area contributed by atoms with Crippen molar-refractivity contribution in [1.29, 1.82) is 0 Å². The standard InChI is InChI=1S/C21H23ClFN3O3S/c22-19-9-17(23)4-3-16(19)12-24(13-18-5-6-20(30-18)26(28)29)10-14-7-8-25(11-14)21(27)15-1-2-15/h3-6,9,14-15H,1-2,7-8,10-13H2. The molecule has 1 amide bonds. The summed E-state index contributed by atoms with van der Waals surface area (Å²) < 4.78 is 13.4. The summed E-state index contributed by atoms with van der Waals surface area (Å²) >= 11 is 7.40. The number of carbonyl (C=O) groups excluding carboxylic acids is 1. The van der Waals surface area contributed by atoms with Gasteiger partial charge < -0.3 is 4.90 Å². The van der Waals surface area contributed by atoms with E-state index < -0.39 is 0 Å². The van der Waals surface area contributed by atoms with Crippen LogP contribution in [-0.4, -0.2) is 40.3 Å². The Bertz CT molecular complexity index is 949. The van der Waals surface area contributed by atoms with Crippen LogP contribution in [0.5, 0.6) is 0 Å². The van der Waals surface area contributed by atoms with Crippen molar-refractivity contribution in [1.82, 2.24) is 9.80 Å². The van der Waals surface area contributed by atoms with Gasteiger partial charge in [-0.15, -0.1) is 0 Å². The Hall–Kier alpha value is -2.03. The van der Waals surface area contributed by atoms with E-state index >= 15 is 0 Å². The predicted octanol–water partition coefficient (Wildman–Crippen LogP) is 4.71. The van der Waals surface area contributed by atoms with Gasteiger partial charge in [0.25, 0.3) is 0 Å². The second kappa shape index (κ2) is 8.99. The Kier molecular flexibility index (Phi) is 6.36. The quantitative estimate of drug-likeness (QED) is 0.430. The first-order chi connectivity index (χ1) is 14.4. The van der Waals surface area contributed by atoms with Crippen LogP contribution in [0.3, 0.4) is 0 Å². The molecule has 1 saturated carbocycles. The van der Waals surface area contributed by atoms with Crippen molar-refractivity contribution in [3.63, 3.8) is 0 Å². The molecule has 1 aliphatic carbocycles.